The van der Waals surface area contributed by atoms with E-state index in [0.717, 1.165) is 5.56 Å². The topological polar surface area (TPSA) is 17.1 Å². The Labute approximate surface area is 104 Å². The van der Waals surface area contributed by atoms with E-state index in [2.05, 4.69) is 0 Å². The molecular formula is C11H14OS3. The number of carbonyl (C=O) groups is 1. The first kappa shape index (κ1) is 13.0. The first-order valence-corrected chi connectivity index (χ1v) is 8.13. The molecule has 1 aromatic rings. The summed E-state index contributed by atoms with van der Waals surface area (Å²) in [5.74, 6) is 0. The van der Waals surface area contributed by atoms with Crippen LogP contribution < -0.4 is 0 Å². The summed E-state index contributed by atoms with van der Waals surface area (Å²) in [5, 5.41) is 0.203. The Morgan fingerprint density at radius 2 is 1.60 bits per heavy atom. The molecule has 0 unspecified atom stereocenters. The van der Waals surface area contributed by atoms with Crippen molar-refractivity contribution in [3.8, 4) is 0 Å². The Morgan fingerprint density at radius 3 is 2.00 bits per heavy atom. The lowest BCUT2D eigenvalue weighted by molar-refractivity contribution is -0.111. The van der Waals surface area contributed by atoms with Crippen LogP contribution in [0, 0.1) is 0 Å². The Kier molecular flexibility index (Phi) is 5.09. The molecule has 1 nitrogen and oxygen atoms in total. The monoisotopic (exact) mass is 258 g/mol. The normalized spacial score (nSPS) is 11.4. The van der Waals surface area contributed by atoms with E-state index in [4.69, 9.17) is 0 Å². The van der Waals surface area contributed by atoms with Gasteiger partial charge in [-0.05, 0) is 24.3 Å². The minimum atomic E-state index is -0.458. The van der Waals surface area contributed by atoms with Crippen molar-refractivity contribution in [2.45, 2.75) is 4.08 Å². The summed E-state index contributed by atoms with van der Waals surface area (Å²) in [6.45, 7) is 0. The molecule has 0 N–H and O–H groups in total. The molecule has 0 radical (unpaired) electrons. The van der Waals surface area contributed by atoms with Gasteiger partial charge in [0.1, 0.15) is 0 Å². The minimum absolute atomic E-state index is 0.203. The third-order valence-corrected chi connectivity index (χ3v) is 6.11. The second-order valence-corrected chi connectivity index (χ2v) is 5.96. The van der Waals surface area contributed by atoms with Crippen LogP contribution in [0.25, 0.3) is 0 Å². The van der Waals surface area contributed by atoms with Crippen LogP contribution in [0.2, 0.25) is 0 Å². The van der Waals surface area contributed by atoms with Gasteiger partial charge in [0.15, 0.2) is 4.08 Å². The molecule has 0 atom stereocenters. The highest BCUT2D eigenvalue weighted by molar-refractivity contribution is 8.23. The third-order valence-electron chi connectivity index (χ3n) is 2.18. The van der Waals surface area contributed by atoms with Crippen molar-refractivity contribution in [1.82, 2.24) is 0 Å². The predicted molar refractivity (Wildman–Crippen MR) is 73.7 cm³/mol. The predicted octanol–water partition coefficient (Wildman–Crippen LogP) is 3.46. The van der Waals surface area contributed by atoms with Crippen molar-refractivity contribution in [2.75, 3.05) is 18.8 Å². The van der Waals surface area contributed by atoms with E-state index in [0.29, 0.717) is 0 Å². The summed E-state index contributed by atoms with van der Waals surface area (Å²) in [6, 6.07) is 9.95. The molecule has 15 heavy (non-hydrogen) atoms. The van der Waals surface area contributed by atoms with Gasteiger partial charge in [-0.2, -0.15) is 0 Å². The maximum absolute atomic E-state index is 12.0. The highest BCUT2D eigenvalue weighted by Gasteiger charge is 2.38. The number of hydrogen-bond acceptors (Lipinski definition) is 4. The van der Waals surface area contributed by atoms with Crippen molar-refractivity contribution < 1.29 is 4.79 Å². The first-order chi connectivity index (χ1) is 7.21. The molecular weight excluding hydrogens is 244 g/mol. The summed E-state index contributed by atoms with van der Waals surface area (Å²) >= 11 is 4.49. The molecule has 1 aromatic carbocycles. The molecule has 0 heterocycles. The van der Waals surface area contributed by atoms with Crippen molar-refractivity contribution in [2.24, 2.45) is 0 Å². The van der Waals surface area contributed by atoms with Crippen molar-refractivity contribution >= 4 is 40.4 Å². The fraction of sp³-hybridized carbons (Fsp3) is 0.364. The van der Waals surface area contributed by atoms with Crippen LogP contribution in [0.4, 0.5) is 0 Å². The van der Waals surface area contributed by atoms with Gasteiger partial charge in [-0.3, -0.25) is 4.79 Å². The number of rotatable bonds is 4. The van der Waals surface area contributed by atoms with Gasteiger partial charge in [-0.15, -0.1) is 23.5 Å². The molecule has 0 aliphatic rings. The van der Waals surface area contributed by atoms with Crippen molar-refractivity contribution in [3.63, 3.8) is 0 Å². The van der Waals surface area contributed by atoms with Crippen LogP contribution >= 0.6 is 35.3 Å². The zero-order chi connectivity index (χ0) is 11.3. The molecule has 0 saturated carbocycles. The van der Waals surface area contributed by atoms with Gasteiger partial charge < -0.3 is 0 Å². The average Bonchev–Trinajstić information content (AvgIpc) is 2.32. The molecule has 0 aliphatic heterocycles. The van der Waals surface area contributed by atoms with E-state index < -0.39 is 4.08 Å². The van der Waals surface area contributed by atoms with E-state index in [1.807, 2.05) is 49.1 Å². The summed E-state index contributed by atoms with van der Waals surface area (Å²) in [6.07, 6.45) is 5.81. The minimum Gasteiger partial charge on any atom is -0.284 e. The lowest BCUT2D eigenvalue weighted by Crippen LogP contribution is -2.25. The number of benzene rings is 1. The van der Waals surface area contributed by atoms with Gasteiger partial charge in [-0.1, -0.05) is 42.1 Å². The Morgan fingerprint density at radius 1 is 1.07 bits per heavy atom. The molecule has 4 heteroatoms. The van der Waals surface area contributed by atoms with E-state index in [1.54, 1.807) is 23.5 Å². The smallest absolute Gasteiger partial charge is 0.219 e. The molecule has 0 amide bonds. The SMILES string of the molecule is CSC(=O)C(SC)(SC)c1ccccc1. The molecule has 82 valence electrons. The molecule has 0 aromatic heterocycles. The zero-order valence-corrected chi connectivity index (χ0v) is 11.5. The van der Waals surface area contributed by atoms with Crippen LogP contribution in [0.15, 0.2) is 30.3 Å². The maximum Gasteiger partial charge on any atom is 0.219 e. The number of hydrogen-bond donors (Lipinski definition) is 0. The molecule has 0 spiro atoms. The fourth-order valence-corrected chi connectivity index (χ4v) is 4.53. The Balaban J connectivity index is 3.17. The quantitative estimate of drug-likeness (QED) is 0.769. The average molecular weight is 258 g/mol. The van der Waals surface area contributed by atoms with Crippen LogP contribution in [0.5, 0.6) is 0 Å². The molecule has 0 saturated heterocycles. The van der Waals surface area contributed by atoms with Gasteiger partial charge in [0.2, 0.25) is 5.12 Å². The second kappa shape index (κ2) is 5.87. The Hall–Kier alpha value is -0.0600. The number of thioether (sulfide) groups is 3. The number of carbonyl (C=O) groups excluding carboxylic acids is 1. The standard InChI is InChI=1S/C11H14OS3/c1-13-10(12)11(14-2,15-3)9-7-5-4-6-8-9/h4-8H,1-3H3. The van der Waals surface area contributed by atoms with Crippen LogP contribution in [0.1, 0.15) is 5.56 Å². The third kappa shape index (κ3) is 2.55. The summed E-state index contributed by atoms with van der Waals surface area (Å²) in [7, 11) is 0. The highest BCUT2D eigenvalue weighted by atomic mass is 32.2. The summed E-state index contributed by atoms with van der Waals surface area (Å²) in [4.78, 5) is 12.0. The zero-order valence-electron chi connectivity index (χ0n) is 9.02. The van der Waals surface area contributed by atoms with Crippen LogP contribution in [-0.2, 0) is 8.87 Å². The second-order valence-electron chi connectivity index (χ2n) is 2.88. The van der Waals surface area contributed by atoms with Crippen molar-refractivity contribution in [1.29, 1.82) is 0 Å². The van der Waals surface area contributed by atoms with E-state index in [-0.39, 0.29) is 5.12 Å². The lowest BCUT2D eigenvalue weighted by Gasteiger charge is -2.27. The molecule has 0 bridgehead atoms. The summed E-state index contributed by atoms with van der Waals surface area (Å²) < 4.78 is -0.458. The van der Waals surface area contributed by atoms with Crippen LogP contribution in [0.3, 0.4) is 0 Å². The van der Waals surface area contributed by atoms with Gasteiger partial charge in [0.25, 0.3) is 0 Å². The largest absolute Gasteiger partial charge is 0.284 e. The van der Waals surface area contributed by atoms with Crippen LogP contribution in [-0.4, -0.2) is 23.9 Å². The summed E-state index contributed by atoms with van der Waals surface area (Å²) in [5.41, 5.74) is 1.07. The van der Waals surface area contributed by atoms with E-state index in [1.165, 1.54) is 11.8 Å². The highest BCUT2D eigenvalue weighted by Crippen LogP contribution is 2.46. The maximum atomic E-state index is 12.0. The Bertz CT molecular complexity index is 320. The van der Waals surface area contributed by atoms with Gasteiger partial charge >= 0.3 is 0 Å². The fourth-order valence-electron chi connectivity index (χ4n) is 1.40. The van der Waals surface area contributed by atoms with Gasteiger partial charge in [-0.25, -0.2) is 0 Å². The van der Waals surface area contributed by atoms with Gasteiger partial charge in [0, 0.05) is 0 Å². The molecule has 0 aliphatic carbocycles. The van der Waals surface area contributed by atoms with E-state index >= 15 is 0 Å². The molecule has 0 fully saturated rings. The first-order valence-electron chi connectivity index (χ1n) is 4.45. The lowest BCUT2D eigenvalue weighted by atomic mass is 10.1. The van der Waals surface area contributed by atoms with Crippen molar-refractivity contribution in [3.05, 3.63) is 35.9 Å². The van der Waals surface area contributed by atoms with E-state index in [9.17, 15) is 4.79 Å². The molecule has 1 rings (SSSR count). The van der Waals surface area contributed by atoms with Gasteiger partial charge in [0.05, 0.1) is 0 Å².